The molecule has 1 unspecified atom stereocenters. The predicted octanol–water partition coefficient (Wildman–Crippen LogP) is 3.87. The number of amides is 2. The van der Waals surface area contributed by atoms with Gasteiger partial charge in [0.25, 0.3) is 0 Å². The first kappa shape index (κ1) is 22.4. The second-order valence-corrected chi connectivity index (χ2v) is 9.70. The van der Waals surface area contributed by atoms with Crippen molar-refractivity contribution in [3.63, 3.8) is 0 Å². The number of aliphatic carboxylic acids is 1. The summed E-state index contributed by atoms with van der Waals surface area (Å²) in [6, 6.07) is 16.4. The molecule has 3 aliphatic rings. The summed E-state index contributed by atoms with van der Waals surface area (Å²) in [6.45, 7) is 1.90. The minimum atomic E-state index is -0.809. The first-order chi connectivity index (χ1) is 16.5. The van der Waals surface area contributed by atoms with Crippen LogP contribution in [0.15, 0.2) is 48.5 Å². The van der Waals surface area contributed by atoms with Crippen LogP contribution in [0.4, 0.5) is 4.79 Å². The number of hydrogen-bond acceptors (Lipinski definition) is 4. The van der Waals surface area contributed by atoms with E-state index in [1.807, 2.05) is 29.2 Å². The number of carbonyl (C=O) groups is 3. The number of benzene rings is 2. The normalized spacial score (nSPS) is 23.1. The summed E-state index contributed by atoms with van der Waals surface area (Å²) in [5.74, 6) is -0.631. The van der Waals surface area contributed by atoms with Crippen molar-refractivity contribution in [2.24, 2.45) is 17.8 Å². The fourth-order valence-electron chi connectivity index (χ4n) is 5.55. The molecule has 2 fully saturated rings. The molecule has 3 atom stereocenters. The van der Waals surface area contributed by atoms with Gasteiger partial charge in [-0.3, -0.25) is 9.59 Å². The van der Waals surface area contributed by atoms with Gasteiger partial charge in [-0.25, -0.2) is 4.79 Å². The van der Waals surface area contributed by atoms with Crippen molar-refractivity contribution in [1.29, 1.82) is 0 Å². The molecule has 178 valence electrons. The number of alkyl carbamates (subject to hydrolysis) is 1. The van der Waals surface area contributed by atoms with Crippen molar-refractivity contribution in [1.82, 2.24) is 10.2 Å². The monoisotopic (exact) mass is 462 g/mol. The van der Waals surface area contributed by atoms with Gasteiger partial charge in [-0.1, -0.05) is 48.5 Å². The molecule has 2 amide bonds. The summed E-state index contributed by atoms with van der Waals surface area (Å²) in [6.07, 6.45) is 2.11. The predicted molar refractivity (Wildman–Crippen MR) is 126 cm³/mol. The van der Waals surface area contributed by atoms with Crippen molar-refractivity contribution in [3.8, 4) is 11.1 Å². The molecule has 1 heterocycles. The number of carbonyl (C=O) groups excluding carboxylic acids is 2. The van der Waals surface area contributed by atoms with Gasteiger partial charge in [0.2, 0.25) is 5.91 Å². The van der Waals surface area contributed by atoms with E-state index >= 15 is 0 Å². The van der Waals surface area contributed by atoms with Crippen LogP contribution >= 0.6 is 0 Å². The first-order valence-corrected chi connectivity index (χ1v) is 12.1. The van der Waals surface area contributed by atoms with E-state index in [-0.39, 0.29) is 42.6 Å². The third-order valence-corrected chi connectivity index (χ3v) is 7.39. The number of carboxylic acids is 1. The maximum absolute atomic E-state index is 12.8. The van der Waals surface area contributed by atoms with Gasteiger partial charge in [0.05, 0.1) is 0 Å². The van der Waals surface area contributed by atoms with Crippen molar-refractivity contribution in [2.75, 3.05) is 26.2 Å². The minimum absolute atomic E-state index is 0.0197. The zero-order valence-electron chi connectivity index (χ0n) is 19.1. The van der Waals surface area contributed by atoms with E-state index in [9.17, 15) is 14.4 Å². The van der Waals surface area contributed by atoms with Gasteiger partial charge in [0.15, 0.2) is 0 Å². The molecule has 1 aliphatic heterocycles. The van der Waals surface area contributed by atoms with E-state index in [0.29, 0.717) is 19.6 Å². The molecule has 1 saturated carbocycles. The van der Waals surface area contributed by atoms with E-state index in [0.717, 1.165) is 19.3 Å². The Labute approximate surface area is 199 Å². The van der Waals surface area contributed by atoms with Crippen LogP contribution in [-0.4, -0.2) is 54.2 Å². The lowest BCUT2D eigenvalue weighted by Crippen LogP contribution is -2.41. The maximum atomic E-state index is 12.8. The highest BCUT2D eigenvalue weighted by atomic mass is 16.5. The molecular formula is C27H30N2O5. The summed E-state index contributed by atoms with van der Waals surface area (Å²) < 4.78 is 5.58. The van der Waals surface area contributed by atoms with Crippen LogP contribution in [-0.2, 0) is 14.3 Å². The number of hydrogen-bond donors (Lipinski definition) is 2. The summed E-state index contributed by atoms with van der Waals surface area (Å²) in [5, 5.41) is 11.9. The van der Waals surface area contributed by atoms with E-state index in [1.165, 1.54) is 22.3 Å². The molecule has 2 N–H and O–H groups in total. The average Bonchev–Trinajstić information content (AvgIpc) is 3.55. The van der Waals surface area contributed by atoms with Gasteiger partial charge in [0, 0.05) is 37.9 Å². The van der Waals surface area contributed by atoms with Crippen LogP contribution in [0.3, 0.4) is 0 Å². The first-order valence-electron chi connectivity index (χ1n) is 12.1. The molecule has 7 heteroatoms. The molecule has 34 heavy (non-hydrogen) atoms. The summed E-state index contributed by atoms with van der Waals surface area (Å²) in [4.78, 5) is 38.0. The maximum Gasteiger partial charge on any atom is 0.407 e. The number of ether oxygens (including phenoxy) is 1. The number of rotatable bonds is 7. The van der Waals surface area contributed by atoms with Gasteiger partial charge < -0.3 is 20.1 Å². The van der Waals surface area contributed by atoms with Gasteiger partial charge in [-0.2, -0.15) is 0 Å². The molecule has 0 radical (unpaired) electrons. The van der Waals surface area contributed by atoms with Gasteiger partial charge in [-0.15, -0.1) is 0 Å². The Hall–Kier alpha value is -3.35. The Morgan fingerprint density at radius 3 is 2.38 bits per heavy atom. The second kappa shape index (κ2) is 9.49. The fraction of sp³-hybridized carbons (Fsp3) is 0.444. The number of piperidine rings is 1. The van der Waals surface area contributed by atoms with Crippen molar-refractivity contribution in [3.05, 3.63) is 59.7 Å². The lowest BCUT2D eigenvalue weighted by Gasteiger charge is -2.32. The lowest BCUT2D eigenvalue weighted by atomic mass is 9.94. The molecule has 5 rings (SSSR count). The molecule has 1 saturated heterocycles. The van der Waals surface area contributed by atoms with E-state index in [1.54, 1.807) is 0 Å². The van der Waals surface area contributed by atoms with Gasteiger partial charge >= 0.3 is 12.1 Å². The highest BCUT2D eigenvalue weighted by Crippen LogP contribution is 2.44. The summed E-state index contributed by atoms with van der Waals surface area (Å²) in [5.41, 5.74) is 4.73. The number of nitrogens with one attached hydrogen (secondary N) is 1. The molecule has 0 spiro atoms. The van der Waals surface area contributed by atoms with E-state index in [4.69, 9.17) is 9.84 Å². The number of carboxylic acid groups (broad SMARTS) is 1. The number of fused-ring (bicyclic) bond motifs is 3. The quantitative estimate of drug-likeness (QED) is 0.651. The summed E-state index contributed by atoms with van der Waals surface area (Å²) in [7, 11) is 0. The van der Waals surface area contributed by atoms with Crippen LogP contribution in [0.1, 0.15) is 42.7 Å². The average molecular weight is 463 g/mol. The Morgan fingerprint density at radius 1 is 1.03 bits per heavy atom. The van der Waals surface area contributed by atoms with Gasteiger partial charge in [0.1, 0.15) is 6.61 Å². The zero-order chi connectivity index (χ0) is 23.7. The SMILES string of the molecule is O=C(O)CC1CCCN(C(=O)[C@@H]2C[C@@H]2CNC(=O)OCC2c3ccccc3-c3ccccc32)C1. The Morgan fingerprint density at radius 2 is 1.71 bits per heavy atom. The third-order valence-electron chi connectivity index (χ3n) is 7.39. The van der Waals surface area contributed by atoms with Crippen LogP contribution in [0.5, 0.6) is 0 Å². The van der Waals surface area contributed by atoms with Crippen molar-refractivity contribution >= 4 is 18.0 Å². The molecule has 2 aromatic carbocycles. The van der Waals surface area contributed by atoms with E-state index < -0.39 is 12.1 Å². The molecule has 2 aliphatic carbocycles. The largest absolute Gasteiger partial charge is 0.481 e. The number of likely N-dealkylation sites (tertiary alicyclic amines) is 1. The van der Waals surface area contributed by atoms with Crippen molar-refractivity contribution < 1.29 is 24.2 Å². The molecular weight excluding hydrogens is 432 g/mol. The molecule has 2 aromatic rings. The van der Waals surface area contributed by atoms with Crippen molar-refractivity contribution in [2.45, 2.75) is 31.6 Å². The standard InChI is InChI=1S/C27H30N2O5/c30-25(31)12-17-6-5-11-29(15-17)26(32)23-13-18(23)14-28-27(33)34-16-24-21-9-3-1-7-19(21)20-8-2-4-10-22(20)24/h1-4,7-10,17-18,23-24H,5-6,11-16H2,(H,28,33)(H,30,31)/t17?,18-,23-/m1/s1. The topological polar surface area (TPSA) is 95.9 Å². The van der Waals surface area contributed by atoms with E-state index in [2.05, 4.69) is 29.6 Å². The smallest absolute Gasteiger partial charge is 0.407 e. The Kier molecular flexibility index (Phi) is 6.26. The Bertz CT molecular complexity index is 1050. The second-order valence-electron chi connectivity index (χ2n) is 9.70. The van der Waals surface area contributed by atoms with Crippen LogP contribution in [0.25, 0.3) is 11.1 Å². The minimum Gasteiger partial charge on any atom is -0.481 e. The van der Waals surface area contributed by atoms with Crippen LogP contribution < -0.4 is 5.32 Å². The van der Waals surface area contributed by atoms with Crippen LogP contribution in [0, 0.1) is 17.8 Å². The zero-order valence-corrected chi connectivity index (χ0v) is 19.1. The van der Waals surface area contributed by atoms with Crippen LogP contribution in [0.2, 0.25) is 0 Å². The Balaban J connectivity index is 1.09. The molecule has 0 aromatic heterocycles. The summed E-state index contributed by atoms with van der Waals surface area (Å²) >= 11 is 0. The number of nitrogens with zero attached hydrogens (tertiary/aromatic N) is 1. The fourth-order valence-corrected chi connectivity index (χ4v) is 5.55. The highest BCUT2D eigenvalue weighted by Gasteiger charge is 2.45. The molecule has 7 nitrogen and oxygen atoms in total. The van der Waals surface area contributed by atoms with Gasteiger partial charge in [-0.05, 0) is 53.4 Å². The highest BCUT2D eigenvalue weighted by molar-refractivity contribution is 5.82. The lowest BCUT2D eigenvalue weighted by molar-refractivity contribution is -0.141. The third kappa shape index (κ3) is 4.65. The molecule has 0 bridgehead atoms.